The molecule has 3 nitrogen and oxygen atoms in total. The quantitative estimate of drug-likeness (QED) is 0.767. The first-order chi connectivity index (χ1) is 9.08. The molecule has 104 valence electrons. The number of methoxy groups -OCH3 is 1. The van der Waals surface area contributed by atoms with Crippen LogP contribution in [-0.4, -0.2) is 24.9 Å². The molecule has 3 heteroatoms. The fourth-order valence-electron chi connectivity index (χ4n) is 1.77. The average molecular weight is 262 g/mol. The third-order valence-corrected chi connectivity index (χ3v) is 3.17. The predicted molar refractivity (Wildman–Crippen MR) is 75.8 cm³/mol. The molecular formula is C16H22O3. The lowest BCUT2D eigenvalue weighted by Crippen LogP contribution is -2.28. The average Bonchev–Trinajstić information content (AvgIpc) is 2.46. The van der Waals surface area contributed by atoms with Crippen LogP contribution in [0.2, 0.25) is 0 Å². The smallest absolute Gasteiger partial charge is 0.118 e. The molecule has 19 heavy (non-hydrogen) atoms. The van der Waals surface area contributed by atoms with Gasteiger partial charge >= 0.3 is 0 Å². The van der Waals surface area contributed by atoms with Gasteiger partial charge < -0.3 is 14.6 Å². The summed E-state index contributed by atoms with van der Waals surface area (Å²) < 4.78 is 10.7. The molecule has 0 aliphatic heterocycles. The molecule has 0 aromatic heterocycles. The Morgan fingerprint density at radius 3 is 2.42 bits per heavy atom. The lowest BCUT2D eigenvalue weighted by Gasteiger charge is -2.21. The van der Waals surface area contributed by atoms with Crippen molar-refractivity contribution in [3.63, 3.8) is 0 Å². The fraction of sp³-hybridized carbons (Fsp3) is 0.500. The van der Waals surface area contributed by atoms with E-state index in [1.807, 2.05) is 38.1 Å². The third kappa shape index (κ3) is 4.94. The molecule has 3 atom stereocenters. The number of benzene rings is 1. The highest BCUT2D eigenvalue weighted by molar-refractivity contribution is 5.26. The molecule has 1 N–H and O–H groups in total. The molecule has 0 heterocycles. The van der Waals surface area contributed by atoms with Gasteiger partial charge in [-0.25, -0.2) is 0 Å². The number of hydrogen-bond donors (Lipinski definition) is 1. The minimum absolute atomic E-state index is 0.0179. The van der Waals surface area contributed by atoms with Crippen LogP contribution in [0, 0.1) is 24.2 Å². The van der Waals surface area contributed by atoms with Crippen molar-refractivity contribution in [3.8, 4) is 18.1 Å². The van der Waals surface area contributed by atoms with Crippen molar-refractivity contribution < 1.29 is 14.6 Å². The molecule has 0 aliphatic carbocycles. The molecular weight excluding hydrogens is 240 g/mol. The first kappa shape index (κ1) is 15.6. The van der Waals surface area contributed by atoms with Gasteiger partial charge in [0, 0.05) is 11.8 Å². The predicted octanol–water partition coefficient (Wildman–Crippen LogP) is 2.48. The highest BCUT2D eigenvalue weighted by Crippen LogP contribution is 2.15. The van der Waals surface area contributed by atoms with Crippen LogP contribution in [0.5, 0.6) is 5.75 Å². The lowest BCUT2D eigenvalue weighted by molar-refractivity contribution is 0.0150. The van der Waals surface area contributed by atoms with E-state index in [4.69, 9.17) is 15.9 Å². The van der Waals surface area contributed by atoms with E-state index in [9.17, 15) is 5.11 Å². The Balaban J connectivity index is 2.35. The minimum Gasteiger partial charge on any atom is -0.497 e. The van der Waals surface area contributed by atoms with Gasteiger partial charge in [0.1, 0.15) is 5.75 Å². The largest absolute Gasteiger partial charge is 0.497 e. The maximum atomic E-state index is 9.91. The van der Waals surface area contributed by atoms with Gasteiger partial charge in [0.05, 0.1) is 26.4 Å². The molecule has 0 radical (unpaired) electrons. The number of aliphatic hydroxyl groups excluding tert-OH is 1. The highest BCUT2D eigenvalue weighted by Gasteiger charge is 2.19. The van der Waals surface area contributed by atoms with Crippen molar-refractivity contribution >= 4 is 0 Å². The Hall–Kier alpha value is -1.50. The summed E-state index contributed by atoms with van der Waals surface area (Å²) in [4.78, 5) is 0. The summed E-state index contributed by atoms with van der Waals surface area (Å²) in [7, 11) is 1.64. The van der Waals surface area contributed by atoms with Crippen molar-refractivity contribution in [1.82, 2.24) is 0 Å². The number of aliphatic hydroxyl groups is 1. The van der Waals surface area contributed by atoms with Gasteiger partial charge in [-0.3, -0.25) is 0 Å². The van der Waals surface area contributed by atoms with E-state index in [1.54, 1.807) is 7.11 Å². The first-order valence-electron chi connectivity index (χ1n) is 6.43. The summed E-state index contributed by atoms with van der Waals surface area (Å²) in [6, 6.07) is 7.72. The van der Waals surface area contributed by atoms with Crippen LogP contribution in [0.15, 0.2) is 24.3 Å². The van der Waals surface area contributed by atoms with Crippen molar-refractivity contribution in [1.29, 1.82) is 0 Å². The van der Waals surface area contributed by atoms with E-state index in [2.05, 4.69) is 5.92 Å². The Labute approximate surface area is 115 Å². The second-order valence-corrected chi connectivity index (χ2v) is 4.79. The summed E-state index contributed by atoms with van der Waals surface area (Å²) in [6.45, 7) is 4.78. The zero-order valence-corrected chi connectivity index (χ0v) is 11.8. The second kappa shape index (κ2) is 7.83. The maximum Gasteiger partial charge on any atom is 0.118 e. The van der Waals surface area contributed by atoms with E-state index >= 15 is 0 Å². The number of rotatable bonds is 7. The van der Waals surface area contributed by atoms with Crippen LogP contribution in [0.4, 0.5) is 0 Å². The van der Waals surface area contributed by atoms with Gasteiger partial charge in [0.25, 0.3) is 0 Å². The van der Waals surface area contributed by atoms with Crippen LogP contribution in [0.3, 0.4) is 0 Å². The van der Waals surface area contributed by atoms with Gasteiger partial charge in [0.15, 0.2) is 0 Å². The van der Waals surface area contributed by atoms with E-state index in [0.717, 1.165) is 11.3 Å². The minimum atomic E-state index is -0.527. The molecule has 0 bridgehead atoms. The van der Waals surface area contributed by atoms with E-state index < -0.39 is 6.10 Å². The third-order valence-electron chi connectivity index (χ3n) is 3.17. The normalized spacial score (nSPS) is 15.3. The molecule has 0 unspecified atom stereocenters. The Morgan fingerprint density at radius 1 is 1.26 bits per heavy atom. The molecule has 0 spiro atoms. The second-order valence-electron chi connectivity index (χ2n) is 4.79. The number of terminal acetylenes is 1. The Kier molecular flexibility index (Phi) is 6.41. The zero-order chi connectivity index (χ0) is 14.3. The van der Waals surface area contributed by atoms with E-state index in [1.165, 1.54) is 0 Å². The van der Waals surface area contributed by atoms with Crippen LogP contribution in [0.1, 0.15) is 19.4 Å². The summed E-state index contributed by atoms with van der Waals surface area (Å²) >= 11 is 0. The number of ether oxygens (including phenoxy) is 2. The summed E-state index contributed by atoms with van der Waals surface area (Å²) in [5, 5.41) is 9.91. The molecule has 0 saturated heterocycles. The Morgan fingerprint density at radius 2 is 1.89 bits per heavy atom. The molecule has 0 fully saturated rings. The van der Waals surface area contributed by atoms with Crippen LogP contribution >= 0.6 is 0 Å². The van der Waals surface area contributed by atoms with Gasteiger partial charge in [-0.2, -0.15) is 0 Å². The molecule has 0 aliphatic rings. The summed E-state index contributed by atoms with van der Waals surface area (Å²) in [5.74, 6) is 3.24. The fourth-order valence-corrected chi connectivity index (χ4v) is 1.77. The zero-order valence-electron chi connectivity index (χ0n) is 11.8. The molecule has 1 rings (SSSR count). The monoisotopic (exact) mass is 262 g/mol. The van der Waals surface area contributed by atoms with E-state index in [0.29, 0.717) is 13.2 Å². The van der Waals surface area contributed by atoms with Gasteiger partial charge in [0.2, 0.25) is 0 Å². The standard InChI is InChI=1S/C16H22O3/c1-5-12(2)16(17)13(3)10-19-11-14-6-8-15(18-4)9-7-14/h1,6-9,12-13,16-17H,10-11H2,2-4H3/t12-,13+,16-/m0/s1. The van der Waals surface area contributed by atoms with E-state index in [-0.39, 0.29) is 11.8 Å². The maximum absolute atomic E-state index is 9.91. The lowest BCUT2D eigenvalue weighted by atomic mass is 9.95. The van der Waals surface area contributed by atoms with Gasteiger partial charge in [-0.1, -0.05) is 19.1 Å². The topological polar surface area (TPSA) is 38.7 Å². The SMILES string of the molecule is C#C[C@H](C)[C@H](O)[C@H](C)COCc1ccc(OC)cc1. The molecule has 0 amide bonds. The first-order valence-corrected chi connectivity index (χ1v) is 6.43. The van der Waals surface area contributed by atoms with Crippen molar-refractivity contribution in [3.05, 3.63) is 29.8 Å². The van der Waals surface area contributed by atoms with Crippen LogP contribution < -0.4 is 4.74 Å². The number of hydrogen-bond acceptors (Lipinski definition) is 3. The van der Waals surface area contributed by atoms with Crippen LogP contribution in [0.25, 0.3) is 0 Å². The summed E-state index contributed by atoms with van der Waals surface area (Å²) in [6.07, 6.45) is 4.77. The molecule has 0 saturated carbocycles. The van der Waals surface area contributed by atoms with Crippen molar-refractivity contribution in [2.45, 2.75) is 26.6 Å². The van der Waals surface area contributed by atoms with Crippen molar-refractivity contribution in [2.75, 3.05) is 13.7 Å². The molecule has 1 aromatic rings. The Bertz CT molecular complexity index is 405. The van der Waals surface area contributed by atoms with Crippen molar-refractivity contribution in [2.24, 2.45) is 11.8 Å². The van der Waals surface area contributed by atoms with Gasteiger partial charge in [-0.05, 0) is 24.6 Å². The van der Waals surface area contributed by atoms with Gasteiger partial charge in [-0.15, -0.1) is 12.3 Å². The summed E-state index contributed by atoms with van der Waals surface area (Å²) in [5.41, 5.74) is 1.08. The van der Waals surface area contributed by atoms with Crippen LogP contribution in [-0.2, 0) is 11.3 Å². The molecule has 1 aromatic carbocycles. The highest BCUT2D eigenvalue weighted by atomic mass is 16.5.